The Balaban J connectivity index is 2.92. The summed E-state index contributed by atoms with van der Waals surface area (Å²) in [6, 6.07) is 4.95. The fourth-order valence-electron chi connectivity index (χ4n) is 1.81. The van der Waals surface area contributed by atoms with Crippen molar-refractivity contribution in [2.45, 2.75) is 31.8 Å². The van der Waals surface area contributed by atoms with Crippen LogP contribution in [0.4, 0.5) is 0 Å². The molecule has 1 aromatic rings. The van der Waals surface area contributed by atoms with Crippen LogP contribution in [0.15, 0.2) is 29.4 Å². The lowest BCUT2D eigenvalue weighted by Crippen LogP contribution is -2.47. The first-order valence-electron chi connectivity index (χ1n) is 6.24. The summed E-state index contributed by atoms with van der Waals surface area (Å²) in [6.45, 7) is 6.64. The predicted octanol–water partition coefficient (Wildman–Crippen LogP) is 1.34. The Labute approximate surface area is 116 Å². The molecule has 0 spiro atoms. The second kappa shape index (κ2) is 5.98. The van der Waals surface area contributed by atoms with E-state index in [1.165, 1.54) is 16.6 Å². The van der Waals surface area contributed by atoms with Crippen LogP contribution < -0.4 is 5.32 Å². The van der Waals surface area contributed by atoms with Crippen LogP contribution in [0.1, 0.15) is 20.8 Å². The second-order valence-corrected chi connectivity index (χ2v) is 7.65. The molecule has 0 aromatic carbocycles. The molecule has 0 aliphatic carbocycles. The van der Waals surface area contributed by atoms with E-state index in [4.69, 9.17) is 0 Å². The van der Waals surface area contributed by atoms with Gasteiger partial charge in [-0.1, -0.05) is 26.8 Å². The third-order valence-electron chi connectivity index (χ3n) is 3.15. The number of sulfonamides is 1. The summed E-state index contributed by atoms with van der Waals surface area (Å²) in [5, 5.41) is 3.25. The van der Waals surface area contributed by atoms with Crippen molar-refractivity contribution in [3.63, 3.8) is 0 Å². The molecule has 0 fully saturated rings. The Morgan fingerprint density at radius 1 is 1.37 bits per heavy atom. The van der Waals surface area contributed by atoms with E-state index in [2.05, 4.69) is 31.1 Å². The molecule has 1 N–H and O–H groups in total. The van der Waals surface area contributed by atoms with Gasteiger partial charge < -0.3 is 5.32 Å². The molecule has 1 aromatic heterocycles. The van der Waals surface area contributed by atoms with Gasteiger partial charge in [-0.15, -0.1) is 0 Å². The van der Waals surface area contributed by atoms with Gasteiger partial charge in [0.25, 0.3) is 10.0 Å². The van der Waals surface area contributed by atoms with E-state index < -0.39 is 10.0 Å². The summed E-state index contributed by atoms with van der Waals surface area (Å²) in [7, 11) is -0.0944. The Morgan fingerprint density at radius 2 is 2.00 bits per heavy atom. The van der Waals surface area contributed by atoms with Crippen LogP contribution in [0.25, 0.3) is 0 Å². The third-order valence-corrected chi connectivity index (χ3v) is 4.89. The number of hydrogen-bond donors (Lipinski definition) is 1. The maximum atomic E-state index is 12.3. The first kappa shape index (κ1) is 16.1. The van der Waals surface area contributed by atoms with E-state index in [-0.39, 0.29) is 16.5 Å². The van der Waals surface area contributed by atoms with Crippen molar-refractivity contribution < 1.29 is 8.42 Å². The molecular weight excluding hydrogens is 262 g/mol. The number of likely N-dealkylation sites (N-methyl/N-ethyl adjacent to an activating group) is 2. The Kier molecular flexibility index (Phi) is 5.06. The van der Waals surface area contributed by atoms with Crippen LogP contribution >= 0.6 is 0 Å². The van der Waals surface area contributed by atoms with Gasteiger partial charge in [0.1, 0.15) is 0 Å². The third kappa shape index (κ3) is 3.99. The summed E-state index contributed by atoms with van der Waals surface area (Å²) in [5.74, 6) is 0. The summed E-state index contributed by atoms with van der Waals surface area (Å²) >= 11 is 0. The van der Waals surface area contributed by atoms with Crippen molar-refractivity contribution >= 4 is 10.0 Å². The minimum absolute atomic E-state index is 0.0252. The van der Waals surface area contributed by atoms with Crippen LogP contribution in [-0.4, -0.2) is 44.4 Å². The molecule has 0 saturated carbocycles. The monoisotopic (exact) mass is 285 g/mol. The maximum absolute atomic E-state index is 12.3. The quantitative estimate of drug-likeness (QED) is 0.886. The molecule has 108 valence electrons. The molecule has 0 bridgehead atoms. The number of nitrogens with zero attached hydrogens (tertiary/aromatic N) is 2. The molecule has 6 heteroatoms. The number of hydrogen-bond acceptors (Lipinski definition) is 4. The number of pyridine rings is 1. The lowest BCUT2D eigenvalue weighted by Gasteiger charge is -2.33. The highest BCUT2D eigenvalue weighted by molar-refractivity contribution is 7.89. The predicted molar refractivity (Wildman–Crippen MR) is 76.4 cm³/mol. The zero-order valence-corrected chi connectivity index (χ0v) is 13.0. The highest BCUT2D eigenvalue weighted by Gasteiger charge is 2.29. The van der Waals surface area contributed by atoms with Gasteiger partial charge >= 0.3 is 0 Å². The average Bonchev–Trinajstić information content (AvgIpc) is 2.35. The Bertz CT molecular complexity index is 494. The molecule has 1 atom stereocenters. The van der Waals surface area contributed by atoms with Gasteiger partial charge in [0.2, 0.25) is 0 Å². The minimum Gasteiger partial charge on any atom is -0.315 e. The fourth-order valence-corrected chi connectivity index (χ4v) is 2.92. The van der Waals surface area contributed by atoms with Crippen molar-refractivity contribution in [3.05, 3.63) is 24.4 Å². The molecule has 0 aliphatic rings. The van der Waals surface area contributed by atoms with Crippen molar-refractivity contribution in [2.24, 2.45) is 5.41 Å². The van der Waals surface area contributed by atoms with E-state index in [9.17, 15) is 8.42 Å². The molecule has 0 unspecified atom stereocenters. The van der Waals surface area contributed by atoms with Gasteiger partial charge in [-0.2, -0.15) is 4.31 Å². The molecule has 0 amide bonds. The first-order valence-corrected chi connectivity index (χ1v) is 7.68. The maximum Gasteiger partial charge on any atom is 0.260 e. The number of rotatable bonds is 5. The summed E-state index contributed by atoms with van der Waals surface area (Å²) in [4.78, 5) is 3.92. The van der Waals surface area contributed by atoms with Crippen molar-refractivity contribution in [1.29, 1.82) is 0 Å². The molecule has 0 radical (unpaired) electrons. The molecule has 1 rings (SSSR count). The largest absolute Gasteiger partial charge is 0.315 e. The van der Waals surface area contributed by atoms with Crippen LogP contribution in [0.2, 0.25) is 0 Å². The van der Waals surface area contributed by atoms with Crippen LogP contribution in [-0.2, 0) is 10.0 Å². The van der Waals surface area contributed by atoms with Gasteiger partial charge in [0.05, 0.1) is 0 Å². The Morgan fingerprint density at radius 3 is 2.42 bits per heavy atom. The molecule has 1 heterocycles. The standard InChI is InChI=1S/C13H23N3O2S/c1-13(2,3)11(14-4)10-16(5)19(17,18)12-8-6-7-9-15-12/h6-9,11,14H,10H2,1-5H3/t11-/m1/s1. The first-order chi connectivity index (χ1) is 8.69. The molecule has 19 heavy (non-hydrogen) atoms. The van der Waals surface area contributed by atoms with Crippen LogP contribution in [0.3, 0.4) is 0 Å². The topological polar surface area (TPSA) is 62.3 Å². The van der Waals surface area contributed by atoms with E-state index in [0.717, 1.165) is 0 Å². The lowest BCUT2D eigenvalue weighted by atomic mass is 9.87. The lowest BCUT2D eigenvalue weighted by molar-refractivity contribution is 0.246. The van der Waals surface area contributed by atoms with Crippen LogP contribution in [0, 0.1) is 5.41 Å². The van der Waals surface area contributed by atoms with Crippen molar-refractivity contribution in [2.75, 3.05) is 20.6 Å². The SMILES string of the molecule is CN[C@H](CN(C)S(=O)(=O)c1ccccn1)C(C)(C)C. The zero-order chi connectivity index (χ0) is 14.7. The summed E-state index contributed by atoms with van der Waals surface area (Å²) < 4.78 is 26.0. The summed E-state index contributed by atoms with van der Waals surface area (Å²) in [6.07, 6.45) is 1.49. The zero-order valence-electron chi connectivity index (χ0n) is 12.2. The fraction of sp³-hybridized carbons (Fsp3) is 0.615. The smallest absolute Gasteiger partial charge is 0.260 e. The highest BCUT2D eigenvalue weighted by atomic mass is 32.2. The van der Waals surface area contributed by atoms with Gasteiger partial charge in [-0.05, 0) is 24.6 Å². The van der Waals surface area contributed by atoms with E-state index in [1.54, 1.807) is 19.2 Å². The highest BCUT2D eigenvalue weighted by Crippen LogP contribution is 2.21. The Hall–Kier alpha value is -0.980. The van der Waals surface area contributed by atoms with Crippen molar-refractivity contribution in [3.8, 4) is 0 Å². The number of aromatic nitrogens is 1. The van der Waals surface area contributed by atoms with E-state index in [0.29, 0.717) is 6.54 Å². The second-order valence-electron chi connectivity index (χ2n) is 5.66. The minimum atomic E-state index is -3.52. The average molecular weight is 285 g/mol. The molecule has 5 nitrogen and oxygen atoms in total. The van der Waals surface area contributed by atoms with Crippen LogP contribution in [0.5, 0.6) is 0 Å². The van der Waals surface area contributed by atoms with E-state index >= 15 is 0 Å². The molecular formula is C13H23N3O2S. The molecule has 0 aliphatic heterocycles. The van der Waals surface area contributed by atoms with Gasteiger partial charge in [0.15, 0.2) is 5.03 Å². The van der Waals surface area contributed by atoms with Gasteiger partial charge in [0, 0.05) is 25.8 Å². The van der Waals surface area contributed by atoms with E-state index in [1.807, 2.05) is 7.05 Å². The normalized spacial score (nSPS) is 14.6. The summed E-state index contributed by atoms with van der Waals surface area (Å²) in [5.41, 5.74) is -0.0252. The molecule has 0 saturated heterocycles. The number of nitrogens with one attached hydrogen (secondary N) is 1. The van der Waals surface area contributed by atoms with Gasteiger partial charge in [-0.3, -0.25) is 0 Å². The van der Waals surface area contributed by atoms with Gasteiger partial charge in [-0.25, -0.2) is 13.4 Å². The van der Waals surface area contributed by atoms with Crippen molar-refractivity contribution in [1.82, 2.24) is 14.6 Å².